The molecule has 12 atom stereocenters. The Labute approximate surface area is 440 Å². The number of hydrogen-bond donors (Lipinski definition) is 16. The van der Waals surface area contributed by atoms with Crippen molar-refractivity contribution in [3.8, 4) is 0 Å². The van der Waals surface area contributed by atoms with Gasteiger partial charge in [-0.2, -0.15) is 0 Å². The van der Waals surface area contributed by atoms with E-state index in [4.69, 9.17) is 11.5 Å². The van der Waals surface area contributed by atoms with E-state index in [1.54, 1.807) is 41.5 Å². The van der Waals surface area contributed by atoms with Crippen molar-refractivity contribution in [2.45, 2.75) is 179 Å². The molecule has 29 nitrogen and oxygen atoms in total. The van der Waals surface area contributed by atoms with Gasteiger partial charge in [-0.05, 0) is 76.2 Å². The lowest BCUT2D eigenvalue weighted by Gasteiger charge is -2.33. The largest absolute Gasteiger partial charge is 0.481 e. The van der Waals surface area contributed by atoms with Crippen LogP contribution in [0.5, 0.6) is 0 Å². The molecule has 1 saturated heterocycles. The van der Waals surface area contributed by atoms with Crippen molar-refractivity contribution in [1.29, 1.82) is 0 Å². The minimum Gasteiger partial charge on any atom is -0.481 e. The third-order valence-electron chi connectivity index (χ3n) is 12.5. The number of carboxylic acid groups (broad SMARTS) is 3. The molecule has 1 aliphatic heterocycles. The number of unbranched alkanes of at least 4 members (excludes halogenated alkanes) is 1. The van der Waals surface area contributed by atoms with Crippen molar-refractivity contribution in [2.24, 2.45) is 29.2 Å². The second kappa shape index (κ2) is 33.5. The molecule has 0 aliphatic carbocycles. The highest BCUT2D eigenvalue weighted by Crippen LogP contribution is 2.22. The average Bonchev–Trinajstić information content (AvgIpc) is 3.85. The standard InChI is InChI=1S/C47H81N11O18/c1-8-24(6)36(46(74)58-17-11-13-32(58)43(71)54-31(21-60)42(70)52-29(19-34(64)65)41(69)53-30(47(75)76)18-22(2)3)56-40(68)28(14-15-33(62)63)51-45(73)37(25(7)61)57-44(72)35(23(4)5)55-39(67)27(12-9-10-16-48)50-38(66)26(49)20-59/h22-32,35-37,59-61H,8-21,48-49H2,1-7H3,(H,50,66)(H,51,73)(H,52,70)(H,53,69)(H,54,71)(H,55,67)(H,56,68)(H,57,72)(H,62,63)(H,64,65)(H,75,76)/t24-,25+,26-,27-,28-,29-,30-,31-,32-,35-,36-,37-/m0/s1. The number of carboxylic acids is 3. The van der Waals surface area contributed by atoms with E-state index in [9.17, 15) is 88.2 Å². The van der Waals surface area contributed by atoms with Crippen molar-refractivity contribution in [3.05, 3.63) is 0 Å². The molecule has 0 bridgehead atoms. The maximum Gasteiger partial charge on any atom is 0.326 e. The van der Waals surface area contributed by atoms with Gasteiger partial charge in [-0.15, -0.1) is 0 Å². The molecule has 18 N–H and O–H groups in total. The molecule has 1 fully saturated rings. The predicted molar refractivity (Wildman–Crippen MR) is 267 cm³/mol. The van der Waals surface area contributed by atoms with Gasteiger partial charge < -0.3 is 89.5 Å². The number of aliphatic hydroxyl groups excluding tert-OH is 3. The highest BCUT2D eigenvalue weighted by molar-refractivity contribution is 5.99. The van der Waals surface area contributed by atoms with Gasteiger partial charge in [0.25, 0.3) is 0 Å². The number of rotatable bonds is 35. The van der Waals surface area contributed by atoms with Crippen LogP contribution in [0.3, 0.4) is 0 Å². The first-order valence-corrected chi connectivity index (χ1v) is 25.3. The summed E-state index contributed by atoms with van der Waals surface area (Å²) in [6.07, 6.45) is -2.54. The van der Waals surface area contributed by atoms with Gasteiger partial charge in [-0.25, -0.2) is 4.79 Å². The van der Waals surface area contributed by atoms with Crippen molar-refractivity contribution >= 4 is 71.1 Å². The normalized spacial score (nSPS) is 17.7. The van der Waals surface area contributed by atoms with Gasteiger partial charge in [0.1, 0.15) is 60.4 Å². The fourth-order valence-electron chi connectivity index (χ4n) is 7.86. The quantitative estimate of drug-likeness (QED) is 0.0264. The zero-order valence-corrected chi connectivity index (χ0v) is 44.2. The molecule has 0 spiro atoms. The van der Waals surface area contributed by atoms with Gasteiger partial charge in [-0.1, -0.05) is 48.0 Å². The highest BCUT2D eigenvalue weighted by atomic mass is 16.4. The van der Waals surface area contributed by atoms with Crippen LogP contribution in [0.25, 0.3) is 0 Å². The fraction of sp³-hybridized carbons (Fsp3) is 0.745. The Balaban J connectivity index is 3.39. The van der Waals surface area contributed by atoms with Crippen LogP contribution in [-0.4, -0.2) is 199 Å². The molecule has 0 aromatic heterocycles. The van der Waals surface area contributed by atoms with E-state index in [1.165, 1.54) is 0 Å². The number of likely N-dealkylation sites (tertiary alicyclic amines) is 1. The van der Waals surface area contributed by atoms with Crippen LogP contribution < -0.4 is 54.0 Å². The first-order valence-electron chi connectivity index (χ1n) is 25.3. The first-order chi connectivity index (χ1) is 35.5. The summed E-state index contributed by atoms with van der Waals surface area (Å²) >= 11 is 0. The number of nitrogens with two attached hydrogens (primary N) is 2. The van der Waals surface area contributed by atoms with Crippen molar-refractivity contribution in [1.82, 2.24) is 47.4 Å². The molecule has 0 radical (unpaired) electrons. The second-order valence-electron chi connectivity index (χ2n) is 19.6. The number of aliphatic carboxylic acids is 3. The summed E-state index contributed by atoms with van der Waals surface area (Å²) < 4.78 is 0. The zero-order chi connectivity index (χ0) is 58.1. The van der Waals surface area contributed by atoms with Crippen LogP contribution in [0.1, 0.15) is 113 Å². The van der Waals surface area contributed by atoms with Gasteiger partial charge in [0.05, 0.1) is 25.7 Å². The summed E-state index contributed by atoms with van der Waals surface area (Å²) in [7, 11) is 0. The Morgan fingerprint density at radius 3 is 1.61 bits per heavy atom. The molecule has 1 rings (SSSR count). The minimum atomic E-state index is -1.84. The third kappa shape index (κ3) is 22.3. The predicted octanol–water partition coefficient (Wildman–Crippen LogP) is -5.15. The molecule has 1 aliphatic rings. The summed E-state index contributed by atoms with van der Waals surface area (Å²) in [6.45, 7) is 9.30. The molecule has 0 aromatic carbocycles. The fourth-order valence-corrected chi connectivity index (χ4v) is 7.86. The van der Waals surface area contributed by atoms with Crippen LogP contribution in [0.2, 0.25) is 0 Å². The summed E-state index contributed by atoms with van der Waals surface area (Å²) in [6, 6.07) is -15.3. The van der Waals surface area contributed by atoms with E-state index in [0.717, 1.165) is 11.8 Å². The Morgan fingerprint density at radius 1 is 0.592 bits per heavy atom. The summed E-state index contributed by atoms with van der Waals surface area (Å²) in [5.41, 5.74) is 11.2. The third-order valence-corrected chi connectivity index (χ3v) is 12.5. The van der Waals surface area contributed by atoms with E-state index in [0.29, 0.717) is 12.8 Å². The van der Waals surface area contributed by atoms with Crippen molar-refractivity contribution in [2.75, 3.05) is 26.3 Å². The molecule has 0 saturated carbocycles. The lowest BCUT2D eigenvalue weighted by atomic mass is 9.96. The average molecular weight is 1090 g/mol. The van der Waals surface area contributed by atoms with Crippen LogP contribution in [-0.2, 0) is 57.5 Å². The molecule has 29 heteroatoms. The Hall–Kier alpha value is -6.56. The monoisotopic (exact) mass is 1090 g/mol. The van der Waals surface area contributed by atoms with Gasteiger partial charge in [0.15, 0.2) is 0 Å². The smallest absolute Gasteiger partial charge is 0.326 e. The Bertz CT molecular complexity index is 2030. The molecular formula is C47H81N11O18. The molecular weight excluding hydrogens is 1010 g/mol. The molecule has 0 unspecified atom stereocenters. The van der Waals surface area contributed by atoms with E-state index < -0.39 is 182 Å². The lowest BCUT2D eigenvalue weighted by Crippen LogP contribution is -2.63. The van der Waals surface area contributed by atoms with Crippen molar-refractivity contribution < 1.29 is 88.2 Å². The van der Waals surface area contributed by atoms with Crippen LogP contribution in [0.4, 0.5) is 0 Å². The summed E-state index contributed by atoms with van der Waals surface area (Å²) in [5.74, 6) is -15.0. The molecule has 432 valence electrons. The van der Waals surface area contributed by atoms with Crippen LogP contribution in [0.15, 0.2) is 0 Å². The first kappa shape index (κ1) is 67.5. The number of aliphatic hydroxyl groups is 3. The number of amides is 9. The minimum absolute atomic E-state index is 0.0192. The molecule has 9 amide bonds. The number of carbonyl (C=O) groups is 12. The Morgan fingerprint density at radius 2 is 1.11 bits per heavy atom. The SMILES string of the molecule is CC[C@H](C)[C@H](NC(=O)[C@H](CCC(=O)O)NC(=O)[C@@H](NC(=O)[C@@H](NC(=O)[C@H](CCCCN)NC(=O)[C@@H](N)CO)C(C)C)[C@@H](C)O)C(=O)N1CCC[C@H]1C(=O)N[C@@H](CO)C(=O)N[C@@H](CC(=O)O)C(=O)N[C@@H](CC(C)C)C(=O)O. The summed E-state index contributed by atoms with van der Waals surface area (Å²) in [5, 5.41) is 77.6. The number of nitrogens with one attached hydrogen (secondary N) is 8. The van der Waals surface area contributed by atoms with Crippen molar-refractivity contribution in [3.63, 3.8) is 0 Å². The zero-order valence-electron chi connectivity index (χ0n) is 44.2. The van der Waals surface area contributed by atoms with E-state index in [-0.39, 0.29) is 51.1 Å². The summed E-state index contributed by atoms with van der Waals surface area (Å²) in [4.78, 5) is 158. The topological polar surface area (TPSA) is 478 Å². The number of carbonyl (C=O) groups excluding carboxylic acids is 9. The van der Waals surface area contributed by atoms with E-state index >= 15 is 0 Å². The lowest BCUT2D eigenvalue weighted by molar-refractivity contribution is -0.145. The molecule has 0 aromatic rings. The van der Waals surface area contributed by atoms with E-state index in [2.05, 4.69) is 42.5 Å². The Kier molecular flexibility index (Phi) is 29.7. The number of hydrogen-bond acceptors (Lipinski definition) is 17. The second-order valence-corrected chi connectivity index (χ2v) is 19.6. The van der Waals surface area contributed by atoms with Gasteiger partial charge >= 0.3 is 17.9 Å². The molecule has 76 heavy (non-hydrogen) atoms. The molecule has 1 heterocycles. The van der Waals surface area contributed by atoms with Gasteiger partial charge in [-0.3, -0.25) is 52.7 Å². The number of nitrogens with zero attached hydrogens (tertiary/aromatic N) is 1. The maximum absolute atomic E-state index is 14.4. The van der Waals surface area contributed by atoms with E-state index in [1.807, 2.05) is 0 Å². The van der Waals surface area contributed by atoms with Crippen LogP contribution in [0, 0.1) is 17.8 Å². The van der Waals surface area contributed by atoms with Gasteiger partial charge in [0.2, 0.25) is 53.2 Å². The highest BCUT2D eigenvalue weighted by Gasteiger charge is 2.42. The maximum atomic E-state index is 14.4. The van der Waals surface area contributed by atoms with Crippen LogP contribution >= 0.6 is 0 Å². The van der Waals surface area contributed by atoms with Gasteiger partial charge in [0, 0.05) is 13.0 Å².